The lowest BCUT2D eigenvalue weighted by Gasteiger charge is -2.11. The van der Waals surface area contributed by atoms with Crippen LogP contribution in [0.3, 0.4) is 0 Å². The number of benzene rings is 1. The third-order valence-electron chi connectivity index (χ3n) is 3.06. The lowest BCUT2D eigenvalue weighted by Crippen LogP contribution is -2.07. The van der Waals surface area contributed by atoms with E-state index in [4.69, 9.17) is 9.15 Å². The summed E-state index contributed by atoms with van der Waals surface area (Å²) < 4.78 is 11.0. The zero-order chi connectivity index (χ0) is 13.8. The molecule has 0 aliphatic carbocycles. The Bertz CT molecular complexity index is 561. The van der Waals surface area contributed by atoms with Gasteiger partial charge in [0.25, 0.3) is 0 Å². The average Bonchev–Trinajstić information content (AvgIpc) is 2.94. The smallest absolute Gasteiger partial charge is 0.379 e. The van der Waals surface area contributed by atoms with Crippen molar-refractivity contribution in [2.45, 2.75) is 26.2 Å². The molecule has 4 heteroatoms. The standard InChI is InChI=1S/C15H15BrO3/c1-3-10(2)11-6-7-13(12(16)9-11)19-15(17)14-5-4-8-18-14/h4-10H,3H2,1-2H3. The topological polar surface area (TPSA) is 39.4 Å². The molecule has 19 heavy (non-hydrogen) atoms. The Kier molecular flexibility index (Phi) is 4.43. The maximum atomic E-state index is 11.8. The normalized spacial score (nSPS) is 12.2. The zero-order valence-corrected chi connectivity index (χ0v) is 12.4. The zero-order valence-electron chi connectivity index (χ0n) is 10.9. The highest BCUT2D eigenvalue weighted by Crippen LogP contribution is 2.30. The number of rotatable bonds is 4. The molecule has 0 saturated carbocycles. The molecule has 100 valence electrons. The van der Waals surface area contributed by atoms with Crippen LogP contribution in [0, 0.1) is 0 Å². The molecule has 2 rings (SSSR count). The van der Waals surface area contributed by atoms with Gasteiger partial charge in [-0.1, -0.05) is 19.9 Å². The van der Waals surface area contributed by atoms with Crippen molar-refractivity contribution in [1.29, 1.82) is 0 Å². The van der Waals surface area contributed by atoms with E-state index >= 15 is 0 Å². The van der Waals surface area contributed by atoms with Gasteiger partial charge in [0.1, 0.15) is 5.75 Å². The van der Waals surface area contributed by atoms with E-state index in [-0.39, 0.29) is 5.76 Å². The van der Waals surface area contributed by atoms with Crippen molar-refractivity contribution >= 4 is 21.9 Å². The van der Waals surface area contributed by atoms with Gasteiger partial charge in [0.15, 0.2) is 0 Å². The summed E-state index contributed by atoms with van der Waals surface area (Å²) in [6, 6.07) is 8.98. The average molecular weight is 323 g/mol. The summed E-state index contributed by atoms with van der Waals surface area (Å²) in [5, 5.41) is 0. The van der Waals surface area contributed by atoms with Gasteiger partial charge in [-0.3, -0.25) is 0 Å². The predicted octanol–water partition coefficient (Wildman–Crippen LogP) is 4.77. The Morgan fingerprint density at radius 1 is 1.42 bits per heavy atom. The van der Waals surface area contributed by atoms with Gasteiger partial charge in [0.2, 0.25) is 5.76 Å². The SMILES string of the molecule is CCC(C)c1ccc(OC(=O)c2ccco2)c(Br)c1. The molecule has 0 aliphatic heterocycles. The van der Waals surface area contributed by atoms with Crippen molar-refractivity contribution < 1.29 is 13.9 Å². The maximum absolute atomic E-state index is 11.8. The summed E-state index contributed by atoms with van der Waals surface area (Å²) >= 11 is 3.43. The molecule has 0 N–H and O–H groups in total. The van der Waals surface area contributed by atoms with Crippen molar-refractivity contribution in [1.82, 2.24) is 0 Å². The molecule has 0 aliphatic rings. The molecule has 0 amide bonds. The van der Waals surface area contributed by atoms with E-state index in [2.05, 4.69) is 29.8 Å². The van der Waals surface area contributed by atoms with Crippen LogP contribution >= 0.6 is 15.9 Å². The fourth-order valence-electron chi connectivity index (χ4n) is 1.69. The molecule has 1 aromatic carbocycles. The van der Waals surface area contributed by atoms with Crippen LogP contribution in [0.2, 0.25) is 0 Å². The minimum atomic E-state index is -0.498. The first-order chi connectivity index (χ1) is 9.11. The van der Waals surface area contributed by atoms with Gasteiger partial charge in [0.05, 0.1) is 10.7 Å². The molecule has 0 saturated heterocycles. The summed E-state index contributed by atoms with van der Waals surface area (Å²) in [7, 11) is 0. The van der Waals surface area contributed by atoms with E-state index in [1.807, 2.05) is 12.1 Å². The predicted molar refractivity (Wildman–Crippen MR) is 76.5 cm³/mol. The minimum absolute atomic E-state index is 0.193. The lowest BCUT2D eigenvalue weighted by atomic mass is 9.99. The van der Waals surface area contributed by atoms with Gasteiger partial charge in [-0.15, -0.1) is 0 Å². The van der Waals surface area contributed by atoms with Crippen molar-refractivity contribution in [3.05, 3.63) is 52.4 Å². The molecular weight excluding hydrogens is 308 g/mol. The van der Waals surface area contributed by atoms with Crippen LogP contribution in [0.25, 0.3) is 0 Å². The second-order valence-corrected chi connectivity index (χ2v) is 5.22. The monoisotopic (exact) mass is 322 g/mol. The summed E-state index contributed by atoms with van der Waals surface area (Å²) in [6.07, 6.45) is 2.51. The molecule has 0 spiro atoms. The fraction of sp³-hybridized carbons (Fsp3) is 0.267. The Hall–Kier alpha value is -1.55. The summed E-state index contributed by atoms with van der Waals surface area (Å²) in [6.45, 7) is 4.31. The van der Waals surface area contributed by atoms with E-state index in [1.54, 1.807) is 18.2 Å². The first-order valence-corrected chi connectivity index (χ1v) is 6.96. The highest BCUT2D eigenvalue weighted by Gasteiger charge is 2.14. The number of halogens is 1. The van der Waals surface area contributed by atoms with Crippen molar-refractivity contribution in [2.75, 3.05) is 0 Å². The highest BCUT2D eigenvalue weighted by atomic mass is 79.9. The van der Waals surface area contributed by atoms with Crippen LogP contribution in [-0.2, 0) is 0 Å². The summed E-state index contributed by atoms with van der Waals surface area (Å²) in [5.74, 6) is 0.666. The van der Waals surface area contributed by atoms with Crippen molar-refractivity contribution in [3.63, 3.8) is 0 Å². The number of ether oxygens (including phenoxy) is 1. The van der Waals surface area contributed by atoms with E-state index < -0.39 is 5.97 Å². The van der Waals surface area contributed by atoms with Gasteiger partial charge in [-0.2, -0.15) is 0 Å². The summed E-state index contributed by atoms with van der Waals surface area (Å²) in [4.78, 5) is 11.8. The molecule has 2 aromatic rings. The Morgan fingerprint density at radius 3 is 2.79 bits per heavy atom. The number of hydrogen-bond acceptors (Lipinski definition) is 3. The fourth-order valence-corrected chi connectivity index (χ4v) is 2.16. The molecule has 0 bridgehead atoms. The van der Waals surface area contributed by atoms with Gasteiger partial charge >= 0.3 is 5.97 Å². The molecule has 3 nitrogen and oxygen atoms in total. The van der Waals surface area contributed by atoms with Gasteiger partial charge in [-0.05, 0) is 58.1 Å². The van der Waals surface area contributed by atoms with E-state index in [0.29, 0.717) is 11.7 Å². The first-order valence-electron chi connectivity index (χ1n) is 6.17. The number of carbonyl (C=O) groups excluding carboxylic acids is 1. The minimum Gasteiger partial charge on any atom is -0.457 e. The Morgan fingerprint density at radius 2 is 2.21 bits per heavy atom. The van der Waals surface area contributed by atoms with E-state index in [0.717, 1.165) is 10.9 Å². The quantitative estimate of drug-likeness (QED) is 0.601. The Labute approximate surface area is 120 Å². The Balaban J connectivity index is 2.16. The van der Waals surface area contributed by atoms with Gasteiger partial charge < -0.3 is 9.15 Å². The second-order valence-electron chi connectivity index (χ2n) is 4.37. The van der Waals surface area contributed by atoms with Crippen LogP contribution in [0.4, 0.5) is 0 Å². The number of furan rings is 1. The molecular formula is C15H15BrO3. The van der Waals surface area contributed by atoms with Gasteiger partial charge in [0, 0.05) is 0 Å². The van der Waals surface area contributed by atoms with E-state index in [1.165, 1.54) is 11.8 Å². The van der Waals surface area contributed by atoms with Crippen LogP contribution in [0.1, 0.15) is 42.3 Å². The molecule has 1 unspecified atom stereocenters. The maximum Gasteiger partial charge on any atom is 0.379 e. The molecule has 0 fully saturated rings. The van der Waals surface area contributed by atoms with Crippen LogP contribution in [-0.4, -0.2) is 5.97 Å². The lowest BCUT2D eigenvalue weighted by molar-refractivity contribution is 0.0700. The van der Waals surface area contributed by atoms with Crippen LogP contribution < -0.4 is 4.74 Å². The van der Waals surface area contributed by atoms with Crippen molar-refractivity contribution in [3.8, 4) is 5.75 Å². The summed E-state index contributed by atoms with van der Waals surface area (Å²) in [5.41, 5.74) is 1.21. The molecule has 1 atom stereocenters. The number of carbonyl (C=O) groups is 1. The van der Waals surface area contributed by atoms with Gasteiger partial charge in [-0.25, -0.2) is 4.79 Å². The number of hydrogen-bond donors (Lipinski definition) is 0. The highest BCUT2D eigenvalue weighted by molar-refractivity contribution is 9.10. The molecule has 1 heterocycles. The third kappa shape index (κ3) is 3.26. The molecule has 1 aromatic heterocycles. The van der Waals surface area contributed by atoms with E-state index in [9.17, 15) is 4.79 Å². The molecule has 0 radical (unpaired) electrons. The third-order valence-corrected chi connectivity index (χ3v) is 3.68. The first kappa shape index (κ1) is 13.9. The van der Waals surface area contributed by atoms with Crippen LogP contribution in [0.5, 0.6) is 5.75 Å². The largest absolute Gasteiger partial charge is 0.457 e. The second kappa shape index (κ2) is 6.06. The van der Waals surface area contributed by atoms with Crippen LogP contribution in [0.15, 0.2) is 45.5 Å². The van der Waals surface area contributed by atoms with Crippen molar-refractivity contribution in [2.24, 2.45) is 0 Å². The number of esters is 1.